The number of carbonyl (C=O) groups is 1. The zero-order valence-corrected chi connectivity index (χ0v) is 11.5. The SMILES string of the molecule is COc1ccc(OC)c(C(=O)CC2CCCCO2)c1. The number of hydrogen-bond acceptors (Lipinski definition) is 4. The zero-order valence-electron chi connectivity index (χ0n) is 11.5. The molecule has 1 saturated heterocycles. The summed E-state index contributed by atoms with van der Waals surface area (Å²) in [5, 5.41) is 0. The van der Waals surface area contributed by atoms with E-state index in [9.17, 15) is 4.79 Å². The molecule has 0 bridgehead atoms. The quantitative estimate of drug-likeness (QED) is 0.767. The van der Waals surface area contributed by atoms with Gasteiger partial charge < -0.3 is 14.2 Å². The highest BCUT2D eigenvalue weighted by Gasteiger charge is 2.21. The third kappa shape index (κ3) is 3.47. The van der Waals surface area contributed by atoms with Crippen LogP contribution in [0, 0.1) is 0 Å². The second-order valence-electron chi connectivity index (χ2n) is 4.68. The molecule has 19 heavy (non-hydrogen) atoms. The molecule has 1 atom stereocenters. The van der Waals surface area contributed by atoms with Crippen LogP contribution in [0.5, 0.6) is 11.5 Å². The van der Waals surface area contributed by atoms with E-state index in [1.165, 1.54) is 0 Å². The lowest BCUT2D eigenvalue weighted by Crippen LogP contribution is -2.22. The van der Waals surface area contributed by atoms with E-state index in [1.54, 1.807) is 32.4 Å². The molecule has 0 amide bonds. The number of ether oxygens (including phenoxy) is 3. The fourth-order valence-electron chi connectivity index (χ4n) is 2.32. The van der Waals surface area contributed by atoms with Gasteiger partial charge >= 0.3 is 0 Å². The first-order chi connectivity index (χ1) is 9.24. The molecular weight excluding hydrogens is 244 g/mol. The molecule has 4 heteroatoms. The number of hydrogen-bond donors (Lipinski definition) is 0. The molecule has 1 heterocycles. The average Bonchev–Trinajstić information content (AvgIpc) is 2.47. The lowest BCUT2D eigenvalue weighted by Gasteiger charge is -2.22. The van der Waals surface area contributed by atoms with E-state index in [-0.39, 0.29) is 11.9 Å². The number of rotatable bonds is 5. The first-order valence-corrected chi connectivity index (χ1v) is 6.61. The summed E-state index contributed by atoms with van der Waals surface area (Å²) in [6, 6.07) is 5.27. The van der Waals surface area contributed by atoms with Gasteiger partial charge in [-0.25, -0.2) is 0 Å². The first-order valence-electron chi connectivity index (χ1n) is 6.61. The van der Waals surface area contributed by atoms with Crippen LogP contribution in [0.25, 0.3) is 0 Å². The van der Waals surface area contributed by atoms with Crippen molar-refractivity contribution in [2.24, 2.45) is 0 Å². The van der Waals surface area contributed by atoms with Crippen LogP contribution in [0.3, 0.4) is 0 Å². The van der Waals surface area contributed by atoms with Gasteiger partial charge in [-0.1, -0.05) is 0 Å². The molecule has 0 aliphatic carbocycles. The summed E-state index contributed by atoms with van der Waals surface area (Å²) in [5.41, 5.74) is 0.566. The lowest BCUT2D eigenvalue weighted by atomic mass is 9.99. The predicted molar refractivity (Wildman–Crippen MR) is 72.1 cm³/mol. The molecule has 1 aromatic carbocycles. The fourth-order valence-corrected chi connectivity index (χ4v) is 2.32. The van der Waals surface area contributed by atoms with Gasteiger partial charge in [-0.15, -0.1) is 0 Å². The van der Waals surface area contributed by atoms with Crippen LogP contribution in [-0.4, -0.2) is 32.7 Å². The Morgan fingerprint density at radius 2 is 2.16 bits per heavy atom. The highest BCUT2D eigenvalue weighted by molar-refractivity contribution is 5.99. The van der Waals surface area contributed by atoms with Crippen LogP contribution >= 0.6 is 0 Å². The van der Waals surface area contributed by atoms with Crippen molar-refractivity contribution in [3.8, 4) is 11.5 Å². The minimum atomic E-state index is 0.0390. The summed E-state index contributed by atoms with van der Waals surface area (Å²) in [5.74, 6) is 1.29. The first kappa shape index (κ1) is 13.9. The van der Waals surface area contributed by atoms with Gasteiger partial charge in [-0.05, 0) is 37.5 Å². The third-order valence-electron chi connectivity index (χ3n) is 3.39. The van der Waals surface area contributed by atoms with Gasteiger partial charge in [-0.3, -0.25) is 4.79 Å². The number of benzene rings is 1. The van der Waals surface area contributed by atoms with E-state index in [4.69, 9.17) is 14.2 Å². The zero-order chi connectivity index (χ0) is 13.7. The van der Waals surface area contributed by atoms with Gasteiger partial charge in [0.2, 0.25) is 0 Å². The monoisotopic (exact) mass is 264 g/mol. The highest BCUT2D eigenvalue weighted by atomic mass is 16.5. The van der Waals surface area contributed by atoms with Crippen molar-refractivity contribution in [2.75, 3.05) is 20.8 Å². The van der Waals surface area contributed by atoms with Crippen LogP contribution in [-0.2, 0) is 4.74 Å². The minimum Gasteiger partial charge on any atom is -0.497 e. The fraction of sp³-hybridized carbons (Fsp3) is 0.533. The van der Waals surface area contributed by atoms with Crippen molar-refractivity contribution in [2.45, 2.75) is 31.8 Å². The minimum absolute atomic E-state index is 0.0390. The summed E-state index contributed by atoms with van der Waals surface area (Å²) in [6.45, 7) is 0.757. The molecular formula is C15H20O4. The van der Waals surface area contributed by atoms with Crippen molar-refractivity contribution in [3.63, 3.8) is 0 Å². The van der Waals surface area contributed by atoms with Gasteiger partial charge in [0.1, 0.15) is 11.5 Å². The summed E-state index contributed by atoms with van der Waals surface area (Å²) < 4.78 is 16.0. The van der Waals surface area contributed by atoms with E-state index in [1.807, 2.05) is 0 Å². The van der Waals surface area contributed by atoms with Gasteiger partial charge in [0.25, 0.3) is 0 Å². The number of carbonyl (C=O) groups excluding carboxylic acids is 1. The van der Waals surface area contributed by atoms with Crippen molar-refractivity contribution in [3.05, 3.63) is 23.8 Å². The molecule has 1 aliphatic rings. The molecule has 104 valence electrons. The molecule has 1 fully saturated rings. The summed E-state index contributed by atoms with van der Waals surface area (Å²) >= 11 is 0. The molecule has 1 aliphatic heterocycles. The maximum Gasteiger partial charge on any atom is 0.169 e. The number of methoxy groups -OCH3 is 2. The van der Waals surface area contributed by atoms with Crippen molar-refractivity contribution in [1.29, 1.82) is 0 Å². The van der Waals surface area contributed by atoms with Crippen LogP contribution in [0.15, 0.2) is 18.2 Å². The van der Waals surface area contributed by atoms with Crippen LogP contribution in [0.4, 0.5) is 0 Å². The normalized spacial score (nSPS) is 18.9. The van der Waals surface area contributed by atoms with Gasteiger partial charge in [0.05, 0.1) is 25.9 Å². The van der Waals surface area contributed by atoms with Gasteiger partial charge in [-0.2, -0.15) is 0 Å². The van der Waals surface area contributed by atoms with Crippen LogP contribution < -0.4 is 9.47 Å². The van der Waals surface area contributed by atoms with Crippen LogP contribution in [0.2, 0.25) is 0 Å². The third-order valence-corrected chi connectivity index (χ3v) is 3.39. The second-order valence-corrected chi connectivity index (χ2v) is 4.68. The highest BCUT2D eigenvalue weighted by Crippen LogP contribution is 2.27. The Kier molecular flexibility index (Phi) is 4.80. The molecule has 0 aromatic heterocycles. The van der Waals surface area contributed by atoms with E-state index in [2.05, 4.69) is 0 Å². The Labute approximate surface area is 113 Å². The maximum atomic E-state index is 12.3. The Balaban J connectivity index is 2.12. The molecule has 2 rings (SSSR count). The standard InChI is InChI=1S/C15H20O4/c1-17-11-6-7-15(18-2)13(9-11)14(16)10-12-5-3-4-8-19-12/h6-7,9,12H,3-5,8,10H2,1-2H3. The van der Waals surface area contributed by atoms with Crippen LogP contribution in [0.1, 0.15) is 36.0 Å². The summed E-state index contributed by atoms with van der Waals surface area (Å²) in [6.07, 6.45) is 3.62. The Hall–Kier alpha value is -1.55. The number of Topliss-reactive ketones (excluding diaryl/α,β-unsaturated/α-hetero) is 1. The van der Waals surface area contributed by atoms with Gasteiger partial charge in [0, 0.05) is 13.0 Å². The average molecular weight is 264 g/mol. The van der Waals surface area contributed by atoms with E-state index in [0.29, 0.717) is 23.5 Å². The van der Waals surface area contributed by atoms with Crippen molar-refractivity contribution < 1.29 is 19.0 Å². The largest absolute Gasteiger partial charge is 0.497 e. The van der Waals surface area contributed by atoms with Gasteiger partial charge in [0.15, 0.2) is 5.78 Å². The second kappa shape index (κ2) is 6.57. The predicted octanol–water partition coefficient (Wildman–Crippen LogP) is 2.85. The molecule has 0 N–H and O–H groups in total. The molecule has 4 nitrogen and oxygen atoms in total. The molecule has 0 spiro atoms. The maximum absolute atomic E-state index is 12.3. The van der Waals surface area contributed by atoms with E-state index in [0.717, 1.165) is 25.9 Å². The molecule has 0 saturated carbocycles. The molecule has 1 aromatic rings. The van der Waals surface area contributed by atoms with E-state index >= 15 is 0 Å². The molecule has 1 unspecified atom stereocenters. The smallest absolute Gasteiger partial charge is 0.169 e. The van der Waals surface area contributed by atoms with Crippen molar-refractivity contribution in [1.82, 2.24) is 0 Å². The topological polar surface area (TPSA) is 44.8 Å². The Morgan fingerprint density at radius 1 is 1.32 bits per heavy atom. The summed E-state index contributed by atoms with van der Waals surface area (Å²) in [7, 11) is 3.15. The molecule has 0 radical (unpaired) electrons. The van der Waals surface area contributed by atoms with E-state index < -0.39 is 0 Å². The van der Waals surface area contributed by atoms with Crippen molar-refractivity contribution >= 4 is 5.78 Å². The lowest BCUT2D eigenvalue weighted by molar-refractivity contribution is 0.0128. The summed E-state index contributed by atoms with van der Waals surface area (Å²) in [4.78, 5) is 12.3. The Bertz CT molecular complexity index is 436. The Morgan fingerprint density at radius 3 is 2.79 bits per heavy atom. The number of ketones is 1.